The first kappa shape index (κ1) is 21.0. The van der Waals surface area contributed by atoms with Gasteiger partial charge in [-0.2, -0.15) is 9.40 Å². The van der Waals surface area contributed by atoms with Gasteiger partial charge in [0.25, 0.3) is 0 Å². The molecule has 2 aromatic rings. The molecular formula is C19H28N4O3S2. The molecule has 1 saturated heterocycles. The third-order valence-corrected chi connectivity index (χ3v) is 8.62. The molecule has 0 aromatic carbocycles. The Morgan fingerprint density at radius 3 is 2.64 bits per heavy atom. The molecule has 1 unspecified atom stereocenters. The predicted molar refractivity (Wildman–Crippen MR) is 110 cm³/mol. The average molecular weight is 425 g/mol. The molecule has 1 amide bonds. The Balaban J connectivity index is 1.85. The molecule has 0 radical (unpaired) electrons. The zero-order valence-electron chi connectivity index (χ0n) is 16.9. The van der Waals surface area contributed by atoms with Gasteiger partial charge in [-0.1, -0.05) is 19.9 Å². The summed E-state index contributed by atoms with van der Waals surface area (Å²) in [6.07, 6.45) is 1.94. The zero-order chi connectivity index (χ0) is 20.5. The molecule has 1 fully saturated rings. The van der Waals surface area contributed by atoms with Crippen LogP contribution in [0.15, 0.2) is 22.4 Å². The lowest BCUT2D eigenvalue weighted by atomic mass is 10.2. The summed E-state index contributed by atoms with van der Waals surface area (Å²) in [5, 5.41) is 6.42. The monoisotopic (exact) mass is 424 g/mol. The van der Waals surface area contributed by atoms with E-state index in [0.717, 1.165) is 19.4 Å². The summed E-state index contributed by atoms with van der Waals surface area (Å²) in [7, 11) is -3.62. The van der Waals surface area contributed by atoms with Gasteiger partial charge in [-0.15, -0.1) is 11.3 Å². The number of hydrogen-bond acceptors (Lipinski definition) is 5. The second kappa shape index (κ2) is 8.34. The Hall–Kier alpha value is -1.71. The number of thiophene rings is 1. The molecule has 0 saturated carbocycles. The number of hydrogen-bond donors (Lipinski definition) is 0. The lowest BCUT2D eigenvalue weighted by Gasteiger charge is -2.24. The van der Waals surface area contributed by atoms with Crippen molar-refractivity contribution in [3.8, 4) is 0 Å². The number of carbonyl (C=O) groups excluding carboxylic acids is 1. The van der Waals surface area contributed by atoms with Gasteiger partial charge in [-0.25, -0.2) is 8.42 Å². The second-order valence-corrected chi connectivity index (χ2v) is 9.86. The number of likely N-dealkylation sites (tertiary alicyclic amines) is 1. The summed E-state index contributed by atoms with van der Waals surface area (Å²) in [5.74, 6) is -0.0201. The summed E-state index contributed by atoms with van der Waals surface area (Å²) >= 11 is 1.67. The van der Waals surface area contributed by atoms with E-state index < -0.39 is 10.0 Å². The summed E-state index contributed by atoms with van der Waals surface area (Å²) in [5.41, 5.74) is 0.957. The highest BCUT2D eigenvalue weighted by atomic mass is 32.2. The number of sulfonamides is 1. The van der Waals surface area contributed by atoms with Crippen molar-refractivity contribution in [2.45, 2.75) is 58.0 Å². The third kappa shape index (κ3) is 3.75. The fraction of sp³-hybridized carbons (Fsp3) is 0.579. The quantitative estimate of drug-likeness (QED) is 0.685. The normalized spacial score (nSPS) is 17.6. The predicted octanol–water partition coefficient (Wildman–Crippen LogP) is 2.96. The van der Waals surface area contributed by atoms with E-state index in [-0.39, 0.29) is 23.4 Å². The van der Waals surface area contributed by atoms with Gasteiger partial charge in [-0.3, -0.25) is 9.48 Å². The Morgan fingerprint density at radius 1 is 1.32 bits per heavy atom. The van der Waals surface area contributed by atoms with E-state index in [1.165, 1.54) is 13.9 Å². The number of aromatic nitrogens is 2. The summed E-state index contributed by atoms with van der Waals surface area (Å²) in [6.45, 7) is 8.64. The van der Waals surface area contributed by atoms with Crippen LogP contribution in [0.5, 0.6) is 0 Å². The molecule has 28 heavy (non-hydrogen) atoms. The summed E-state index contributed by atoms with van der Waals surface area (Å²) < 4.78 is 28.9. The van der Waals surface area contributed by atoms with Gasteiger partial charge in [0, 0.05) is 24.5 Å². The fourth-order valence-electron chi connectivity index (χ4n) is 3.96. The van der Waals surface area contributed by atoms with Crippen molar-refractivity contribution in [2.75, 3.05) is 19.6 Å². The SMILES string of the molecule is CCN(CC)S(=O)(=O)c1c(C)nn(CC(=O)N2CCCC2c2cccs2)c1C. The lowest BCUT2D eigenvalue weighted by molar-refractivity contribution is -0.133. The van der Waals surface area contributed by atoms with Crippen molar-refractivity contribution < 1.29 is 13.2 Å². The van der Waals surface area contributed by atoms with Crippen molar-refractivity contribution in [1.82, 2.24) is 19.0 Å². The molecule has 0 N–H and O–H groups in total. The maximum absolute atomic E-state index is 13.0. The molecule has 1 aliphatic heterocycles. The van der Waals surface area contributed by atoms with Crippen LogP contribution < -0.4 is 0 Å². The highest BCUT2D eigenvalue weighted by molar-refractivity contribution is 7.89. The molecule has 1 aliphatic rings. The Morgan fingerprint density at radius 2 is 2.04 bits per heavy atom. The molecule has 3 heterocycles. The van der Waals surface area contributed by atoms with Gasteiger partial charge in [0.05, 0.1) is 17.4 Å². The molecule has 7 nitrogen and oxygen atoms in total. The molecule has 154 valence electrons. The van der Waals surface area contributed by atoms with Crippen molar-refractivity contribution in [3.05, 3.63) is 33.8 Å². The van der Waals surface area contributed by atoms with Crippen LogP contribution in [0, 0.1) is 13.8 Å². The van der Waals surface area contributed by atoms with Crippen LogP contribution in [0.3, 0.4) is 0 Å². The topological polar surface area (TPSA) is 75.5 Å². The largest absolute Gasteiger partial charge is 0.333 e. The van der Waals surface area contributed by atoms with Crippen molar-refractivity contribution in [3.63, 3.8) is 0 Å². The third-order valence-electron chi connectivity index (χ3n) is 5.35. The van der Waals surface area contributed by atoms with E-state index in [4.69, 9.17) is 0 Å². The molecule has 9 heteroatoms. The van der Waals surface area contributed by atoms with Crippen LogP contribution in [0.4, 0.5) is 0 Å². The number of nitrogens with zero attached hydrogens (tertiary/aromatic N) is 4. The Labute approximate surface area is 171 Å². The molecule has 0 spiro atoms. The zero-order valence-corrected chi connectivity index (χ0v) is 18.5. The number of amides is 1. The molecule has 1 atom stereocenters. The first-order valence-corrected chi connectivity index (χ1v) is 12.0. The molecule has 2 aromatic heterocycles. The van der Waals surface area contributed by atoms with Gasteiger partial charge < -0.3 is 4.90 Å². The Kier molecular flexibility index (Phi) is 6.26. The number of rotatable bonds is 7. The second-order valence-electron chi connectivity index (χ2n) is 7.01. The molecule has 0 aliphatic carbocycles. The van der Waals surface area contributed by atoms with Gasteiger partial charge in [-0.05, 0) is 38.1 Å². The van der Waals surface area contributed by atoms with Crippen LogP contribution in [0.1, 0.15) is 49.0 Å². The van der Waals surface area contributed by atoms with Gasteiger partial charge in [0.1, 0.15) is 11.4 Å². The first-order valence-electron chi connectivity index (χ1n) is 9.68. The maximum atomic E-state index is 13.0. The van der Waals surface area contributed by atoms with E-state index in [9.17, 15) is 13.2 Å². The number of carbonyl (C=O) groups is 1. The van der Waals surface area contributed by atoms with E-state index in [2.05, 4.69) is 11.2 Å². The minimum absolute atomic E-state index is 0.0201. The highest BCUT2D eigenvalue weighted by Crippen LogP contribution is 2.34. The van der Waals surface area contributed by atoms with E-state index in [0.29, 0.717) is 24.5 Å². The van der Waals surface area contributed by atoms with Crippen LogP contribution >= 0.6 is 11.3 Å². The summed E-state index contributed by atoms with van der Waals surface area (Å²) in [6, 6.07) is 4.19. The average Bonchev–Trinajstić information content (AvgIpc) is 3.36. The van der Waals surface area contributed by atoms with Crippen LogP contribution in [0.25, 0.3) is 0 Å². The van der Waals surface area contributed by atoms with Gasteiger partial charge in [0.2, 0.25) is 15.9 Å². The number of aryl methyl sites for hydroxylation is 1. The maximum Gasteiger partial charge on any atom is 0.246 e. The standard InChI is InChI=1S/C19H28N4O3S2/c1-5-21(6-2)28(25,26)19-14(3)20-23(15(19)4)13-18(24)22-11-7-9-16(22)17-10-8-12-27-17/h8,10,12,16H,5-7,9,11,13H2,1-4H3. The van der Waals surface area contributed by atoms with Crippen LogP contribution in [-0.4, -0.2) is 52.9 Å². The Bertz CT molecular complexity index is 931. The van der Waals surface area contributed by atoms with Crippen LogP contribution in [0.2, 0.25) is 0 Å². The smallest absolute Gasteiger partial charge is 0.246 e. The van der Waals surface area contributed by atoms with Crippen molar-refractivity contribution in [2.24, 2.45) is 0 Å². The highest BCUT2D eigenvalue weighted by Gasteiger charge is 2.33. The lowest BCUT2D eigenvalue weighted by Crippen LogP contribution is -2.34. The minimum atomic E-state index is -3.62. The molecular weight excluding hydrogens is 396 g/mol. The van der Waals surface area contributed by atoms with E-state index in [1.54, 1.807) is 25.2 Å². The minimum Gasteiger partial charge on any atom is -0.333 e. The van der Waals surface area contributed by atoms with Gasteiger partial charge >= 0.3 is 0 Å². The first-order chi connectivity index (χ1) is 13.3. The molecule has 3 rings (SSSR count). The van der Waals surface area contributed by atoms with E-state index in [1.807, 2.05) is 30.2 Å². The van der Waals surface area contributed by atoms with Crippen molar-refractivity contribution >= 4 is 27.3 Å². The summed E-state index contributed by atoms with van der Waals surface area (Å²) in [4.78, 5) is 16.3. The van der Waals surface area contributed by atoms with E-state index >= 15 is 0 Å². The van der Waals surface area contributed by atoms with Gasteiger partial charge in [0.15, 0.2) is 0 Å². The fourth-order valence-corrected chi connectivity index (χ4v) is 6.67. The molecule has 0 bridgehead atoms. The van der Waals surface area contributed by atoms with Crippen LogP contribution in [-0.2, 0) is 21.4 Å². The van der Waals surface area contributed by atoms with Crippen molar-refractivity contribution in [1.29, 1.82) is 0 Å².